The molecule has 0 atom stereocenters. The molecular weight excluding hydrogens is 278 g/mol. The van der Waals surface area contributed by atoms with E-state index < -0.39 is 5.97 Å². The van der Waals surface area contributed by atoms with Crippen LogP contribution in [-0.2, 0) is 4.74 Å². The Kier molecular flexibility index (Phi) is 2.95. The zero-order valence-electron chi connectivity index (χ0n) is 8.18. The number of rotatable bonds is 2. The lowest BCUT2D eigenvalue weighted by atomic mass is 10.3. The molecule has 0 aliphatic heterocycles. The van der Waals surface area contributed by atoms with Gasteiger partial charge >= 0.3 is 11.9 Å². The van der Waals surface area contributed by atoms with Crippen molar-refractivity contribution in [2.75, 3.05) is 7.11 Å². The molecule has 0 aliphatic carbocycles. The van der Waals surface area contributed by atoms with Gasteiger partial charge in [0.15, 0.2) is 0 Å². The SMILES string of the molecule is COC(=O)c1nnc(-c2cccc(Br)n2)o1. The molecule has 0 spiro atoms. The number of ether oxygens (including phenoxy) is 1. The van der Waals surface area contributed by atoms with E-state index in [1.807, 2.05) is 0 Å². The van der Waals surface area contributed by atoms with Crippen LogP contribution < -0.4 is 0 Å². The molecule has 0 saturated carbocycles. The molecule has 0 N–H and O–H groups in total. The molecule has 0 saturated heterocycles. The fourth-order valence-corrected chi connectivity index (χ4v) is 1.37. The molecule has 7 heteroatoms. The lowest BCUT2D eigenvalue weighted by Gasteiger charge is -1.94. The van der Waals surface area contributed by atoms with E-state index in [0.29, 0.717) is 10.3 Å². The van der Waals surface area contributed by atoms with Crippen molar-refractivity contribution in [2.45, 2.75) is 0 Å². The smallest absolute Gasteiger partial charge is 0.396 e. The van der Waals surface area contributed by atoms with Crippen LogP contribution in [0.5, 0.6) is 0 Å². The first-order chi connectivity index (χ1) is 7.70. The topological polar surface area (TPSA) is 78.1 Å². The van der Waals surface area contributed by atoms with E-state index in [1.165, 1.54) is 7.11 Å². The summed E-state index contributed by atoms with van der Waals surface area (Å²) in [5.41, 5.74) is 0.483. The maximum absolute atomic E-state index is 11.1. The van der Waals surface area contributed by atoms with Gasteiger partial charge < -0.3 is 9.15 Å². The molecule has 2 heterocycles. The van der Waals surface area contributed by atoms with Crippen molar-refractivity contribution in [3.63, 3.8) is 0 Å². The second-order valence-electron chi connectivity index (χ2n) is 2.75. The fourth-order valence-electron chi connectivity index (χ4n) is 1.02. The fraction of sp³-hybridized carbons (Fsp3) is 0.111. The molecule has 0 fully saturated rings. The van der Waals surface area contributed by atoms with Crippen molar-refractivity contribution in [2.24, 2.45) is 0 Å². The number of methoxy groups -OCH3 is 1. The van der Waals surface area contributed by atoms with Crippen LogP contribution in [0.3, 0.4) is 0 Å². The summed E-state index contributed by atoms with van der Waals surface area (Å²) in [5.74, 6) is -0.699. The summed E-state index contributed by atoms with van der Waals surface area (Å²) < 4.78 is 10.2. The second-order valence-corrected chi connectivity index (χ2v) is 3.56. The largest absolute Gasteiger partial charge is 0.462 e. The van der Waals surface area contributed by atoms with Crippen molar-refractivity contribution in [1.82, 2.24) is 15.2 Å². The Hall–Kier alpha value is -1.76. The molecular formula is C9H6BrN3O3. The number of aromatic nitrogens is 3. The average Bonchev–Trinajstić information content (AvgIpc) is 2.77. The number of carbonyl (C=O) groups is 1. The third kappa shape index (κ3) is 2.08. The molecule has 0 radical (unpaired) electrons. The van der Waals surface area contributed by atoms with E-state index in [0.717, 1.165) is 0 Å². The molecule has 0 aromatic carbocycles. The molecule has 2 rings (SSSR count). The van der Waals surface area contributed by atoms with Crippen LogP contribution in [0.4, 0.5) is 0 Å². The van der Waals surface area contributed by atoms with Crippen LogP contribution in [0.2, 0.25) is 0 Å². The average molecular weight is 284 g/mol. The summed E-state index contributed by atoms with van der Waals surface area (Å²) in [6.45, 7) is 0. The number of pyridine rings is 1. The van der Waals surface area contributed by atoms with Crippen molar-refractivity contribution in [3.05, 3.63) is 28.7 Å². The van der Waals surface area contributed by atoms with Crippen LogP contribution in [0.25, 0.3) is 11.6 Å². The van der Waals surface area contributed by atoms with Crippen LogP contribution >= 0.6 is 15.9 Å². The standard InChI is InChI=1S/C9H6BrN3O3/c1-15-9(14)8-13-12-7(16-8)5-3-2-4-6(10)11-5/h2-4H,1H3. The summed E-state index contributed by atoms with van der Waals surface area (Å²) in [5, 5.41) is 7.24. The van der Waals surface area contributed by atoms with E-state index >= 15 is 0 Å². The van der Waals surface area contributed by atoms with Gasteiger partial charge in [-0.3, -0.25) is 0 Å². The van der Waals surface area contributed by atoms with E-state index in [4.69, 9.17) is 4.42 Å². The number of nitrogens with zero attached hydrogens (tertiary/aromatic N) is 3. The molecule has 0 amide bonds. The monoisotopic (exact) mass is 283 g/mol. The van der Waals surface area contributed by atoms with Gasteiger partial charge in [-0.25, -0.2) is 9.78 Å². The number of carbonyl (C=O) groups excluding carboxylic acids is 1. The van der Waals surface area contributed by atoms with E-state index in [9.17, 15) is 4.79 Å². The predicted molar refractivity (Wildman–Crippen MR) is 56.6 cm³/mol. The number of esters is 1. The predicted octanol–water partition coefficient (Wildman–Crippen LogP) is 1.68. The van der Waals surface area contributed by atoms with Gasteiger partial charge in [-0.05, 0) is 28.1 Å². The molecule has 0 bridgehead atoms. The summed E-state index contributed by atoms with van der Waals surface area (Å²) in [6, 6.07) is 5.23. The van der Waals surface area contributed by atoms with Crippen molar-refractivity contribution >= 4 is 21.9 Å². The minimum atomic E-state index is -0.672. The van der Waals surface area contributed by atoms with Crippen molar-refractivity contribution in [1.29, 1.82) is 0 Å². The van der Waals surface area contributed by atoms with Crippen molar-refractivity contribution in [3.8, 4) is 11.6 Å². The van der Waals surface area contributed by atoms with Crippen LogP contribution in [0.15, 0.2) is 27.2 Å². The van der Waals surface area contributed by atoms with Gasteiger partial charge in [0.25, 0.3) is 5.89 Å². The molecule has 0 aliphatic rings. The first-order valence-electron chi connectivity index (χ1n) is 4.25. The number of halogens is 1. The Morgan fingerprint density at radius 1 is 1.44 bits per heavy atom. The Morgan fingerprint density at radius 3 is 2.94 bits per heavy atom. The molecule has 2 aromatic heterocycles. The molecule has 16 heavy (non-hydrogen) atoms. The minimum absolute atomic E-state index is 0.168. The van der Waals surface area contributed by atoms with Gasteiger partial charge in [0, 0.05) is 0 Å². The third-order valence-corrected chi connectivity index (χ3v) is 2.16. The van der Waals surface area contributed by atoms with Crippen LogP contribution in [-0.4, -0.2) is 28.3 Å². The maximum atomic E-state index is 11.1. The zero-order chi connectivity index (χ0) is 11.5. The molecule has 2 aromatic rings. The first-order valence-corrected chi connectivity index (χ1v) is 5.05. The number of hydrogen-bond donors (Lipinski definition) is 0. The molecule has 0 unspecified atom stereocenters. The highest BCUT2D eigenvalue weighted by Crippen LogP contribution is 2.17. The van der Waals surface area contributed by atoms with Gasteiger partial charge in [0.2, 0.25) is 0 Å². The lowest BCUT2D eigenvalue weighted by Crippen LogP contribution is -2.00. The van der Waals surface area contributed by atoms with Crippen molar-refractivity contribution < 1.29 is 13.9 Å². The summed E-state index contributed by atoms with van der Waals surface area (Å²) in [7, 11) is 1.24. The normalized spacial score (nSPS) is 10.1. The Balaban J connectivity index is 2.35. The van der Waals surface area contributed by atoms with Crippen LogP contribution in [0.1, 0.15) is 10.7 Å². The van der Waals surface area contributed by atoms with E-state index in [2.05, 4.69) is 35.8 Å². The maximum Gasteiger partial charge on any atom is 0.396 e. The summed E-state index contributed by atoms with van der Waals surface area (Å²) in [6.07, 6.45) is 0. The zero-order valence-corrected chi connectivity index (χ0v) is 9.76. The van der Waals surface area contributed by atoms with Gasteiger partial charge in [-0.2, -0.15) is 0 Å². The minimum Gasteiger partial charge on any atom is -0.462 e. The van der Waals surface area contributed by atoms with Crippen LogP contribution in [0, 0.1) is 0 Å². The Bertz CT molecular complexity index is 526. The molecule has 82 valence electrons. The summed E-state index contributed by atoms with van der Waals surface area (Å²) in [4.78, 5) is 15.2. The van der Waals surface area contributed by atoms with Gasteiger partial charge in [0.1, 0.15) is 10.3 Å². The highest BCUT2D eigenvalue weighted by atomic mass is 79.9. The number of hydrogen-bond acceptors (Lipinski definition) is 6. The lowest BCUT2D eigenvalue weighted by molar-refractivity contribution is 0.0556. The van der Waals surface area contributed by atoms with Gasteiger partial charge in [0.05, 0.1) is 7.11 Å². The Labute approximate surface area is 98.8 Å². The molecule has 6 nitrogen and oxygen atoms in total. The van der Waals surface area contributed by atoms with E-state index in [1.54, 1.807) is 18.2 Å². The summed E-state index contributed by atoms with van der Waals surface area (Å²) >= 11 is 3.22. The van der Waals surface area contributed by atoms with Gasteiger partial charge in [-0.1, -0.05) is 6.07 Å². The highest BCUT2D eigenvalue weighted by Gasteiger charge is 2.16. The Morgan fingerprint density at radius 2 is 2.25 bits per heavy atom. The highest BCUT2D eigenvalue weighted by molar-refractivity contribution is 9.10. The second kappa shape index (κ2) is 4.40. The van der Waals surface area contributed by atoms with Gasteiger partial charge in [-0.15, -0.1) is 10.2 Å². The third-order valence-electron chi connectivity index (χ3n) is 1.72. The first kappa shape index (κ1) is 10.7. The van der Waals surface area contributed by atoms with E-state index in [-0.39, 0.29) is 11.8 Å². The quantitative estimate of drug-likeness (QED) is 0.616.